The van der Waals surface area contributed by atoms with Gasteiger partial charge in [-0.1, -0.05) is 42.4 Å². The highest BCUT2D eigenvalue weighted by molar-refractivity contribution is 7.99. The van der Waals surface area contributed by atoms with Gasteiger partial charge < -0.3 is 14.6 Å². The Morgan fingerprint density at radius 3 is 2.73 bits per heavy atom. The van der Waals surface area contributed by atoms with E-state index in [0.29, 0.717) is 16.5 Å². The summed E-state index contributed by atoms with van der Waals surface area (Å²) in [5.74, 6) is 1.06. The fourth-order valence-electron chi connectivity index (χ4n) is 3.76. The molecule has 0 radical (unpaired) electrons. The number of amides is 1. The summed E-state index contributed by atoms with van der Waals surface area (Å²) in [7, 11) is 1.35. The lowest BCUT2D eigenvalue weighted by atomic mass is 9.97. The van der Waals surface area contributed by atoms with Crippen LogP contribution in [-0.4, -0.2) is 39.5 Å². The van der Waals surface area contributed by atoms with Crippen LogP contribution in [0, 0.1) is 13.8 Å². The van der Waals surface area contributed by atoms with Crippen LogP contribution in [0.15, 0.2) is 28.7 Å². The first kappa shape index (κ1) is 23.5. The van der Waals surface area contributed by atoms with E-state index in [1.54, 1.807) is 0 Å². The number of aromatic nitrogens is 3. The van der Waals surface area contributed by atoms with Crippen LogP contribution in [0.5, 0.6) is 0 Å². The highest BCUT2D eigenvalue weighted by Crippen LogP contribution is 2.40. The molecule has 7 nitrogen and oxygen atoms in total. The van der Waals surface area contributed by atoms with Crippen LogP contribution in [0.25, 0.3) is 11.1 Å². The topological polar surface area (TPSA) is 86.1 Å². The SMILES string of the molecule is CCCn1c(SCC(=O)Nc2scc(-c3cc(C)ccc3C)c2C(=O)OC)nnc1C1CC1. The fourth-order valence-corrected chi connectivity index (χ4v) is 5.49. The maximum Gasteiger partial charge on any atom is 0.341 e. The summed E-state index contributed by atoms with van der Waals surface area (Å²) in [6, 6.07) is 6.11. The first-order valence-corrected chi connectivity index (χ1v) is 12.9. The summed E-state index contributed by atoms with van der Waals surface area (Å²) >= 11 is 2.71. The van der Waals surface area contributed by atoms with Crippen molar-refractivity contribution < 1.29 is 14.3 Å². The molecule has 0 atom stereocenters. The largest absolute Gasteiger partial charge is 0.465 e. The molecule has 1 aliphatic rings. The monoisotopic (exact) mass is 484 g/mol. The average Bonchev–Trinajstić information content (AvgIpc) is 3.44. The van der Waals surface area contributed by atoms with Crippen molar-refractivity contribution in [2.24, 2.45) is 0 Å². The van der Waals surface area contributed by atoms with E-state index in [1.807, 2.05) is 37.4 Å². The van der Waals surface area contributed by atoms with Crippen molar-refractivity contribution in [3.63, 3.8) is 0 Å². The van der Waals surface area contributed by atoms with Gasteiger partial charge in [-0.25, -0.2) is 4.79 Å². The lowest BCUT2D eigenvalue weighted by Gasteiger charge is -2.10. The normalized spacial score (nSPS) is 13.2. The predicted octanol–water partition coefficient (Wildman–Crippen LogP) is 5.43. The Hall–Kier alpha value is -2.65. The second kappa shape index (κ2) is 10.1. The van der Waals surface area contributed by atoms with Crippen LogP contribution >= 0.6 is 23.1 Å². The van der Waals surface area contributed by atoms with Gasteiger partial charge in [0.1, 0.15) is 16.4 Å². The summed E-state index contributed by atoms with van der Waals surface area (Å²) in [5, 5.41) is 14.8. The second-order valence-corrected chi connectivity index (χ2v) is 10.1. The third kappa shape index (κ3) is 5.14. The average molecular weight is 485 g/mol. The molecule has 33 heavy (non-hydrogen) atoms. The maximum absolute atomic E-state index is 12.8. The zero-order chi connectivity index (χ0) is 23.5. The molecular weight excluding hydrogens is 456 g/mol. The van der Waals surface area contributed by atoms with E-state index in [2.05, 4.69) is 27.0 Å². The first-order chi connectivity index (χ1) is 15.9. The molecule has 3 aromatic rings. The molecule has 0 saturated heterocycles. The van der Waals surface area contributed by atoms with Gasteiger partial charge in [-0.05, 0) is 44.2 Å². The Morgan fingerprint density at radius 2 is 2.03 bits per heavy atom. The molecule has 1 amide bonds. The zero-order valence-electron chi connectivity index (χ0n) is 19.3. The predicted molar refractivity (Wildman–Crippen MR) is 132 cm³/mol. The Morgan fingerprint density at radius 1 is 1.24 bits per heavy atom. The molecule has 1 N–H and O–H groups in total. The summed E-state index contributed by atoms with van der Waals surface area (Å²) in [5.41, 5.74) is 4.27. The van der Waals surface area contributed by atoms with E-state index in [0.717, 1.165) is 59.0 Å². The van der Waals surface area contributed by atoms with E-state index in [9.17, 15) is 9.59 Å². The Balaban J connectivity index is 1.52. The molecule has 1 aliphatic carbocycles. The van der Waals surface area contributed by atoms with Crippen LogP contribution in [0.1, 0.15) is 59.4 Å². The van der Waals surface area contributed by atoms with Gasteiger partial charge in [0.25, 0.3) is 0 Å². The Labute approximate surface area is 201 Å². The number of carbonyl (C=O) groups excluding carboxylic acids is 2. The second-order valence-electron chi connectivity index (χ2n) is 8.27. The van der Waals surface area contributed by atoms with Crippen molar-refractivity contribution in [2.45, 2.75) is 57.7 Å². The van der Waals surface area contributed by atoms with E-state index < -0.39 is 5.97 Å². The number of benzene rings is 1. The van der Waals surface area contributed by atoms with E-state index in [-0.39, 0.29) is 11.7 Å². The van der Waals surface area contributed by atoms with Gasteiger partial charge in [0.15, 0.2) is 5.16 Å². The number of ether oxygens (including phenoxy) is 1. The smallest absolute Gasteiger partial charge is 0.341 e. The van der Waals surface area contributed by atoms with Crippen molar-refractivity contribution in [1.82, 2.24) is 14.8 Å². The van der Waals surface area contributed by atoms with E-state index in [4.69, 9.17) is 4.74 Å². The molecule has 0 bridgehead atoms. The summed E-state index contributed by atoms with van der Waals surface area (Å²) in [4.78, 5) is 25.4. The first-order valence-electron chi connectivity index (χ1n) is 11.1. The number of nitrogens with one attached hydrogen (secondary N) is 1. The zero-order valence-corrected chi connectivity index (χ0v) is 20.9. The van der Waals surface area contributed by atoms with Crippen molar-refractivity contribution in [3.8, 4) is 11.1 Å². The summed E-state index contributed by atoms with van der Waals surface area (Å²) < 4.78 is 7.18. The Bertz CT molecular complexity index is 1180. The number of hydrogen-bond donors (Lipinski definition) is 1. The van der Waals surface area contributed by atoms with Gasteiger partial charge in [0.05, 0.1) is 12.9 Å². The standard InChI is InChI=1S/C24H28N4O3S2/c1-5-10-28-21(16-8-9-16)26-27-24(28)33-13-19(29)25-22-20(23(30)31-4)18(12-32-22)17-11-14(2)6-7-15(17)3/h6-7,11-12,16H,5,8-10,13H2,1-4H3,(H,25,29). The van der Waals surface area contributed by atoms with Crippen LogP contribution in [0.3, 0.4) is 0 Å². The molecule has 0 aliphatic heterocycles. The minimum absolute atomic E-state index is 0.184. The lowest BCUT2D eigenvalue weighted by molar-refractivity contribution is -0.113. The molecule has 2 aromatic heterocycles. The molecule has 4 rings (SSSR count). The number of carbonyl (C=O) groups is 2. The minimum atomic E-state index is -0.466. The van der Waals surface area contributed by atoms with E-state index >= 15 is 0 Å². The van der Waals surface area contributed by atoms with Crippen molar-refractivity contribution in [1.29, 1.82) is 0 Å². The number of aryl methyl sites for hydroxylation is 2. The van der Waals surface area contributed by atoms with Gasteiger partial charge in [-0.15, -0.1) is 21.5 Å². The van der Waals surface area contributed by atoms with Crippen molar-refractivity contribution in [2.75, 3.05) is 18.2 Å². The highest BCUT2D eigenvalue weighted by Gasteiger charge is 2.30. The summed E-state index contributed by atoms with van der Waals surface area (Å²) in [6.07, 6.45) is 3.30. The molecule has 174 valence electrons. The molecule has 1 aromatic carbocycles. The molecule has 1 saturated carbocycles. The number of nitrogens with zero attached hydrogens (tertiary/aromatic N) is 3. The van der Waals surface area contributed by atoms with Gasteiger partial charge in [0, 0.05) is 23.4 Å². The number of hydrogen-bond acceptors (Lipinski definition) is 7. The number of thiophene rings is 1. The molecule has 0 unspecified atom stereocenters. The van der Waals surface area contributed by atoms with Gasteiger partial charge in [-0.2, -0.15) is 0 Å². The number of rotatable bonds is 9. The van der Waals surface area contributed by atoms with Crippen LogP contribution in [-0.2, 0) is 16.1 Å². The Kier molecular flexibility index (Phi) is 7.19. The highest BCUT2D eigenvalue weighted by atomic mass is 32.2. The quantitative estimate of drug-likeness (QED) is 0.322. The molecule has 2 heterocycles. The molecule has 9 heteroatoms. The van der Waals surface area contributed by atoms with Gasteiger partial charge in [-0.3, -0.25) is 4.79 Å². The number of anilines is 1. The fraction of sp³-hybridized carbons (Fsp3) is 0.417. The van der Waals surface area contributed by atoms with Gasteiger partial charge in [0.2, 0.25) is 5.91 Å². The minimum Gasteiger partial charge on any atom is -0.465 e. The summed E-state index contributed by atoms with van der Waals surface area (Å²) in [6.45, 7) is 6.99. The maximum atomic E-state index is 12.8. The number of esters is 1. The van der Waals surface area contributed by atoms with E-state index in [1.165, 1.54) is 30.2 Å². The van der Waals surface area contributed by atoms with Crippen molar-refractivity contribution >= 4 is 40.0 Å². The molecule has 1 fully saturated rings. The van der Waals surface area contributed by atoms with Crippen molar-refractivity contribution in [3.05, 3.63) is 46.1 Å². The third-order valence-electron chi connectivity index (χ3n) is 5.58. The molecular formula is C24H28N4O3S2. The van der Waals surface area contributed by atoms with Crippen LogP contribution in [0.4, 0.5) is 5.00 Å². The van der Waals surface area contributed by atoms with Crippen LogP contribution in [0.2, 0.25) is 0 Å². The molecule has 0 spiro atoms. The lowest BCUT2D eigenvalue weighted by Crippen LogP contribution is -2.16. The number of methoxy groups -OCH3 is 1. The van der Waals surface area contributed by atoms with Gasteiger partial charge >= 0.3 is 5.97 Å². The number of thioether (sulfide) groups is 1. The third-order valence-corrected chi connectivity index (χ3v) is 7.45. The van der Waals surface area contributed by atoms with Crippen LogP contribution < -0.4 is 5.32 Å².